The number of Topliss-reactive ketones (excluding diaryl/α,β-unsaturated/α-hetero) is 1. The fraction of sp³-hybridized carbons (Fsp3) is 0.143. The van der Waals surface area contributed by atoms with E-state index in [9.17, 15) is 4.79 Å². The normalized spacial score (nSPS) is 13.5. The molecule has 31 heavy (non-hydrogen) atoms. The van der Waals surface area contributed by atoms with Gasteiger partial charge in [-0.25, -0.2) is 4.98 Å². The summed E-state index contributed by atoms with van der Waals surface area (Å²) >= 11 is 0. The summed E-state index contributed by atoms with van der Waals surface area (Å²) in [5.41, 5.74) is 4.60. The van der Waals surface area contributed by atoms with E-state index in [0.717, 1.165) is 22.1 Å². The molecule has 0 unspecified atom stereocenters. The molecular weight excluding hydrogens is 380 g/mol. The number of allylic oxidation sites excluding steroid dienone is 12. The lowest BCUT2D eigenvalue weighted by Crippen LogP contribution is -2.06. The van der Waals surface area contributed by atoms with Crippen molar-refractivity contribution in [3.63, 3.8) is 0 Å². The van der Waals surface area contributed by atoms with Gasteiger partial charge in [0.05, 0.1) is 0 Å². The van der Waals surface area contributed by atoms with E-state index in [1.807, 2.05) is 24.3 Å². The number of H-pyrrole nitrogens is 1. The van der Waals surface area contributed by atoms with Gasteiger partial charge in [0.1, 0.15) is 5.65 Å². The Labute approximate surface area is 185 Å². The molecule has 0 saturated heterocycles. The largest absolute Gasteiger partial charge is 0.345 e. The Hall–Kier alpha value is -3.72. The van der Waals surface area contributed by atoms with Gasteiger partial charge in [-0.2, -0.15) is 0 Å². The molecular formula is C28H30N2O. The molecule has 0 aliphatic carbocycles. The van der Waals surface area contributed by atoms with Gasteiger partial charge < -0.3 is 4.98 Å². The monoisotopic (exact) mass is 410 g/mol. The van der Waals surface area contributed by atoms with Crippen LogP contribution < -0.4 is 0 Å². The molecule has 0 fully saturated rings. The van der Waals surface area contributed by atoms with E-state index in [-0.39, 0.29) is 11.2 Å². The SMILES string of the molecule is C=C/C=C\C(=C/C=C)C(=O)c1c[nH]c2ncc(/C(C=C)=C/C=C(\C=C)C(C)(C)C)cc12. The van der Waals surface area contributed by atoms with E-state index in [2.05, 4.69) is 57.1 Å². The molecule has 2 aromatic rings. The number of nitrogens with zero attached hydrogens (tertiary/aromatic N) is 1. The second kappa shape index (κ2) is 10.4. The van der Waals surface area contributed by atoms with Crippen LogP contribution in [0.4, 0.5) is 0 Å². The minimum Gasteiger partial charge on any atom is -0.345 e. The average Bonchev–Trinajstić information content (AvgIpc) is 3.16. The first-order valence-electron chi connectivity index (χ1n) is 10.1. The van der Waals surface area contributed by atoms with Crippen LogP contribution in [0.5, 0.6) is 0 Å². The topological polar surface area (TPSA) is 45.8 Å². The molecule has 0 aromatic carbocycles. The number of pyridine rings is 1. The number of nitrogens with one attached hydrogen (secondary N) is 1. The third-order valence-corrected chi connectivity index (χ3v) is 4.83. The van der Waals surface area contributed by atoms with Gasteiger partial charge in [-0.3, -0.25) is 4.79 Å². The van der Waals surface area contributed by atoms with E-state index in [1.54, 1.807) is 48.8 Å². The van der Waals surface area contributed by atoms with Crippen molar-refractivity contribution in [2.45, 2.75) is 20.8 Å². The van der Waals surface area contributed by atoms with Crippen LogP contribution in [0.3, 0.4) is 0 Å². The van der Waals surface area contributed by atoms with Gasteiger partial charge in [-0.1, -0.05) is 102 Å². The first-order valence-corrected chi connectivity index (χ1v) is 10.1. The van der Waals surface area contributed by atoms with Crippen LogP contribution in [0, 0.1) is 5.41 Å². The molecule has 3 heteroatoms. The first-order chi connectivity index (χ1) is 14.8. The quantitative estimate of drug-likeness (QED) is 0.267. The molecule has 3 nitrogen and oxygen atoms in total. The van der Waals surface area contributed by atoms with E-state index < -0.39 is 0 Å². The fourth-order valence-electron chi connectivity index (χ4n) is 3.10. The van der Waals surface area contributed by atoms with Crippen molar-refractivity contribution in [3.8, 4) is 0 Å². The third kappa shape index (κ3) is 5.67. The maximum Gasteiger partial charge on any atom is 0.195 e. The molecule has 0 saturated carbocycles. The van der Waals surface area contributed by atoms with Gasteiger partial charge in [-0.15, -0.1) is 0 Å². The van der Waals surface area contributed by atoms with Gasteiger partial charge >= 0.3 is 0 Å². The van der Waals surface area contributed by atoms with E-state index in [0.29, 0.717) is 16.8 Å². The number of aromatic nitrogens is 2. The lowest BCUT2D eigenvalue weighted by molar-refractivity contribution is 0.103. The highest BCUT2D eigenvalue weighted by molar-refractivity contribution is 6.17. The van der Waals surface area contributed by atoms with Crippen molar-refractivity contribution in [2.75, 3.05) is 0 Å². The predicted octanol–water partition coefficient (Wildman–Crippen LogP) is 7.33. The molecule has 0 atom stereocenters. The zero-order valence-corrected chi connectivity index (χ0v) is 18.6. The number of carbonyl (C=O) groups excluding carboxylic acids is 1. The van der Waals surface area contributed by atoms with Gasteiger partial charge in [0.25, 0.3) is 0 Å². The summed E-state index contributed by atoms with van der Waals surface area (Å²) in [7, 11) is 0. The van der Waals surface area contributed by atoms with Gasteiger partial charge in [0.15, 0.2) is 5.78 Å². The van der Waals surface area contributed by atoms with Crippen LogP contribution in [0.1, 0.15) is 36.7 Å². The van der Waals surface area contributed by atoms with E-state index in [4.69, 9.17) is 0 Å². The Morgan fingerprint density at radius 2 is 1.77 bits per heavy atom. The molecule has 2 aromatic heterocycles. The highest BCUT2D eigenvalue weighted by Gasteiger charge is 2.16. The molecule has 0 bridgehead atoms. The summed E-state index contributed by atoms with van der Waals surface area (Å²) in [5.74, 6) is -0.117. The van der Waals surface area contributed by atoms with Crippen LogP contribution in [-0.4, -0.2) is 15.8 Å². The van der Waals surface area contributed by atoms with Crippen molar-refractivity contribution in [1.29, 1.82) is 0 Å². The molecule has 2 rings (SSSR count). The third-order valence-electron chi connectivity index (χ3n) is 4.83. The maximum absolute atomic E-state index is 13.1. The van der Waals surface area contributed by atoms with Crippen molar-refractivity contribution < 1.29 is 4.79 Å². The molecule has 158 valence electrons. The number of fused-ring (bicyclic) bond motifs is 1. The Kier molecular flexibility index (Phi) is 7.87. The zero-order valence-electron chi connectivity index (χ0n) is 18.6. The Morgan fingerprint density at radius 1 is 1.03 bits per heavy atom. The average molecular weight is 411 g/mol. The van der Waals surface area contributed by atoms with E-state index in [1.165, 1.54) is 0 Å². The summed E-state index contributed by atoms with van der Waals surface area (Å²) in [4.78, 5) is 20.7. The minimum atomic E-state index is -0.117. The van der Waals surface area contributed by atoms with Crippen LogP contribution in [0.15, 0.2) is 111 Å². The van der Waals surface area contributed by atoms with Crippen molar-refractivity contribution in [3.05, 3.63) is 122 Å². The predicted molar refractivity (Wildman–Crippen MR) is 134 cm³/mol. The van der Waals surface area contributed by atoms with Crippen LogP contribution in [-0.2, 0) is 0 Å². The van der Waals surface area contributed by atoms with E-state index >= 15 is 0 Å². The molecule has 2 heterocycles. The van der Waals surface area contributed by atoms with Gasteiger partial charge in [0, 0.05) is 34.5 Å². The summed E-state index contributed by atoms with van der Waals surface area (Å²) < 4.78 is 0. The Morgan fingerprint density at radius 3 is 2.35 bits per heavy atom. The second-order valence-corrected chi connectivity index (χ2v) is 8.01. The number of rotatable bonds is 9. The van der Waals surface area contributed by atoms with Crippen molar-refractivity contribution >= 4 is 22.4 Å². The minimum absolute atomic E-state index is 0.0141. The summed E-state index contributed by atoms with van der Waals surface area (Å²) in [6.45, 7) is 21.7. The number of hydrogen-bond donors (Lipinski definition) is 1. The van der Waals surface area contributed by atoms with Crippen molar-refractivity contribution in [2.24, 2.45) is 5.41 Å². The van der Waals surface area contributed by atoms with Gasteiger partial charge in [0.2, 0.25) is 0 Å². The van der Waals surface area contributed by atoms with Gasteiger partial charge in [-0.05, 0) is 22.6 Å². The lowest BCUT2D eigenvalue weighted by Gasteiger charge is -2.19. The highest BCUT2D eigenvalue weighted by Crippen LogP contribution is 2.28. The number of hydrogen-bond acceptors (Lipinski definition) is 2. The van der Waals surface area contributed by atoms with Crippen LogP contribution >= 0.6 is 0 Å². The highest BCUT2D eigenvalue weighted by atomic mass is 16.1. The Balaban J connectivity index is 2.57. The smallest absolute Gasteiger partial charge is 0.195 e. The Bertz CT molecular complexity index is 1140. The molecule has 0 aliphatic heterocycles. The zero-order chi connectivity index (χ0) is 23.0. The molecule has 1 N–H and O–H groups in total. The number of ketones is 1. The summed E-state index contributed by atoms with van der Waals surface area (Å²) in [6.07, 6.45) is 19.5. The summed E-state index contributed by atoms with van der Waals surface area (Å²) in [5, 5.41) is 0.751. The van der Waals surface area contributed by atoms with Crippen LogP contribution in [0.2, 0.25) is 0 Å². The summed E-state index contributed by atoms with van der Waals surface area (Å²) in [6, 6.07) is 1.96. The van der Waals surface area contributed by atoms with Crippen LogP contribution in [0.25, 0.3) is 16.6 Å². The first kappa shape index (κ1) is 23.6. The number of aromatic amines is 1. The lowest BCUT2D eigenvalue weighted by atomic mass is 9.86. The number of carbonyl (C=O) groups is 1. The molecule has 0 spiro atoms. The standard InChI is InChI=1S/C28H30N2O/c1-8-12-14-21(13-9-2)26(31)25-19-30-27-24(25)17-22(18-29-27)20(10-3)15-16-23(11-4)28(5,6)7/h8-19H,1-4H2,5-7H3,(H,29,30)/b14-12-,20-15+,21-13+,23-16+. The maximum atomic E-state index is 13.1. The molecule has 0 radical (unpaired) electrons. The second-order valence-electron chi connectivity index (χ2n) is 8.01. The van der Waals surface area contributed by atoms with Crippen molar-refractivity contribution in [1.82, 2.24) is 9.97 Å². The molecule has 0 aliphatic rings. The fourth-order valence-corrected chi connectivity index (χ4v) is 3.10. The molecule has 0 amide bonds.